The van der Waals surface area contributed by atoms with Crippen LogP contribution in [-0.2, 0) is 0 Å². The van der Waals surface area contributed by atoms with E-state index >= 15 is 0 Å². The Bertz CT molecular complexity index is 705. The molecule has 2 aromatic rings. The fraction of sp³-hybridized carbons (Fsp3) is 0. The van der Waals surface area contributed by atoms with Gasteiger partial charge < -0.3 is 11.1 Å². The van der Waals surface area contributed by atoms with Gasteiger partial charge in [-0.05, 0) is 30.3 Å². The van der Waals surface area contributed by atoms with E-state index in [0.29, 0.717) is 16.3 Å². The molecular formula is C13H8Cl2N4O. The molecule has 1 aromatic heterocycles. The van der Waals surface area contributed by atoms with Crippen LogP contribution in [0.2, 0.25) is 10.2 Å². The highest BCUT2D eigenvalue weighted by molar-refractivity contribution is 6.31. The van der Waals surface area contributed by atoms with Crippen molar-refractivity contribution in [3.63, 3.8) is 0 Å². The van der Waals surface area contributed by atoms with E-state index in [9.17, 15) is 4.79 Å². The van der Waals surface area contributed by atoms with Gasteiger partial charge in [0.15, 0.2) is 0 Å². The minimum atomic E-state index is -0.459. The maximum absolute atomic E-state index is 12.1. The molecule has 3 N–H and O–H groups in total. The van der Waals surface area contributed by atoms with Crippen molar-refractivity contribution in [2.45, 2.75) is 0 Å². The molecule has 0 saturated heterocycles. The quantitative estimate of drug-likeness (QED) is 0.834. The predicted octanol–water partition coefficient (Wildman–Crippen LogP) is 3.09. The summed E-state index contributed by atoms with van der Waals surface area (Å²) < 4.78 is 0. The Morgan fingerprint density at radius 1 is 1.30 bits per heavy atom. The number of hydrogen-bond donors (Lipinski definition) is 2. The van der Waals surface area contributed by atoms with Crippen molar-refractivity contribution >= 4 is 40.6 Å². The van der Waals surface area contributed by atoms with Crippen LogP contribution in [0.25, 0.3) is 0 Å². The molecule has 100 valence electrons. The molecule has 0 bridgehead atoms. The number of benzene rings is 1. The number of aromatic nitrogens is 1. The predicted molar refractivity (Wildman–Crippen MR) is 77.8 cm³/mol. The molecule has 1 heterocycles. The number of rotatable bonds is 2. The third-order valence-electron chi connectivity index (χ3n) is 2.43. The van der Waals surface area contributed by atoms with Crippen LogP contribution in [0.1, 0.15) is 15.9 Å². The lowest BCUT2D eigenvalue weighted by Gasteiger charge is -2.08. The van der Waals surface area contributed by atoms with Gasteiger partial charge in [0.25, 0.3) is 5.91 Å². The molecule has 0 spiro atoms. The second-order valence-electron chi connectivity index (χ2n) is 3.86. The van der Waals surface area contributed by atoms with Crippen LogP contribution >= 0.6 is 23.2 Å². The van der Waals surface area contributed by atoms with Gasteiger partial charge in [-0.25, -0.2) is 4.98 Å². The van der Waals surface area contributed by atoms with E-state index in [1.54, 1.807) is 6.07 Å². The number of nitrogens with one attached hydrogen (secondary N) is 1. The van der Waals surface area contributed by atoms with Crippen molar-refractivity contribution in [1.82, 2.24) is 4.98 Å². The van der Waals surface area contributed by atoms with Crippen molar-refractivity contribution in [3.05, 3.63) is 51.6 Å². The summed E-state index contributed by atoms with van der Waals surface area (Å²) in [7, 11) is 0. The van der Waals surface area contributed by atoms with Gasteiger partial charge in [0, 0.05) is 10.6 Å². The van der Waals surface area contributed by atoms with Crippen LogP contribution in [0.5, 0.6) is 0 Å². The number of nitriles is 1. The number of nitrogens with two attached hydrogens (primary N) is 1. The van der Waals surface area contributed by atoms with Gasteiger partial charge in [0.2, 0.25) is 0 Å². The van der Waals surface area contributed by atoms with E-state index in [2.05, 4.69) is 10.3 Å². The van der Waals surface area contributed by atoms with Crippen molar-refractivity contribution < 1.29 is 4.79 Å². The Morgan fingerprint density at radius 2 is 2.05 bits per heavy atom. The smallest absolute Gasteiger partial charge is 0.255 e. The Hall–Kier alpha value is -2.29. The number of amides is 1. The molecule has 0 unspecified atom stereocenters. The molecule has 0 radical (unpaired) electrons. The van der Waals surface area contributed by atoms with E-state index in [0.717, 1.165) is 0 Å². The zero-order chi connectivity index (χ0) is 14.7. The van der Waals surface area contributed by atoms with Gasteiger partial charge in [-0.1, -0.05) is 23.2 Å². The number of hydrogen-bond acceptors (Lipinski definition) is 4. The summed E-state index contributed by atoms with van der Waals surface area (Å²) in [5.41, 5.74) is 6.38. The van der Waals surface area contributed by atoms with Gasteiger partial charge >= 0.3 is 0 Å². The third-order valence-corrected chi connectivity index (χ3v) is 2.86. The van der Waals surface area contributed by atoms with Gasteiger partial charge in [0.05, 0.1) is 11.3 Å². The van der Waals surface area contributed by atoms with Crippen molar-refractivity contribution in [3.8, 4) is 6.07 Å². The average Bonchev–Trinajstić information content (AvgIpc) is 2.37. The van der Waals surface area contributed by atoms with Crippen LogP contribution < -0.4 is 11.1 Å². The number of nitrogen functional groups attached to an aromatic ring is 1. The van der Waals surface area contributed by atoms with E-state index in [4.69, 9.17) is 34.2 Å². The van der Waals surface area contributed by atoms with E-state index in [1.807, 2.05) is 6.07 Å². The molecule has 1 amide bonds. The Labute approximate surface area is 124 Å². The van der Waals surface area contributed by atoms with Gasteiger partial charge in [-0.3, -0.25) is 4.79 Å². The summed E-state index contributed by atoms with van der Waals surface area (Å²) in [4.78, 5) is 15.9. The maximum Gasteiger partial charge on any atom is 0.255 e. The lowest BCUT2D eigenvalue weighted by atomic mass is 10.1. The fourth-order valence-corrected chi connectivity index (χ4v) is 1.95. The zero-order valence-corrected chi connectivity index (χ0v) is 11.5. The molecule has 0 saturated carbocycles. The highest BCUT2D eigenvalue weighted by Gasteiger charge is 2.11. The van der Waals surface area contributed by atoms with Crippen LogP contribution in [0, 0.1) is 11.3 Å². The molecule has 1 aromatic carbocycles. The zero-order valence-electron chi connectivity index (χ0n) is 10.0. The van der Waals surface area contributed by atoms with Gasteiger partial charge in [-0.2, -0.15) is 5.26 Å². The SMILES string of the molecule is N#Cc1ccc(Cl)cc1NC(=O)c1cc(N)nc(Cl)c1. The molecule has 0 atom stereocenters. The first kappa shape index (κ1) is 14.1. The summed E-state index contributed by atoms with van der Waals surface area (Å²) in [5.74, 6) is -0.325. The first-order chi connectivity index (χ1) is 9.49. The number of pyridine rings is 1. The number of nitrogens with zero attached hydrogens (tertiary/aromatic N) is 2. The lowest BCUT2D eigenvalue weighted by Crippen LogP contribution is -2.13. The van der Waals surface area contributed by atoms with Crippen molar-refractivity contribution in [1.29, 1.82) is 5.26 Å². The third kappa shape index (κ3) is 3.18. The lowest BCUT2D eigenvalue weighted by molar-refractivity contribution is 0.102. The average molecular weight is 307 g/mol. The molecule has 7 heteroatoms. The Balaban J connectivity index is 2.32. The molecule has 0 aliphatic carbocycles. The Morgan fingerprint density at radius 3 is 2.70 bits per heavy atom. The minimum absolute atomic E-state index is 0.113. The standard InChI is InChI=1S/C13H8Cl2N4O/c14-9-2-1-7(6-16)10(5-9)18-13(20)8-3-11(15)19-12(17)4-8/h1-5H,(H2,17,19)(H,18,20). The monoisotopic (exact) mass is 306 g/mol. The maximum atomic E-state index is 12.1. The van der Waals surface area contributed by atoms with Gasteiger partial charge in [-0.15, -0.1) is 0 Å². The normalized spacial score (nSPS) is 9.85. The summed E-state index contributed by atoms with van der Waals surface area (Å²) >= 11 is 11.6. The first-order valence-electron chi connectivity index (χ1n) is 5.43. The van der Waals surface area contributed by atoms with E-state index in [-0.39, 0.29) is 16.5 Å². The summed E-state index contributed by atoms with van der Waals surface area (Å²) in [6, 6.07) is 9.31. The number of halogens is 2. The number of carbonyl (C=O) groups is 1. The molecule has 20 heavy (non-hydrogen) atoms. The molecule has 0 aliphatic heterocycles. The summed E-state index contributed by atoms with van der Waals surface area (Å²) in [6.07, 6.45) is 0. The number of carbonyl (C=O) groups excluding carboxylic acids is 1. The minimum Gasteiger partial charge on any atom is -0.384 e. The molecule has 0 fully saturated rings. The molecular weight excluding hydrogens is 299 g/mol. The first-order valence-corrected chi connectivity index (χ1v) is 6.19. The second-order valence-corrected chi connectivity index (χ2v) is 4.68. The van der Waals surface area contributed by atoms with Crippen LogP contribution in [0.4, 0.5) is 11.5 Å². The van der Waals surface area contributed by atoms with Crippen LogP contribution in [0.3, 0.4) is 0 Å². The van der Waals surface area contributed by atoms with E-state index in [1.165, 1.54) is 24.3 Å². The van der Waals surface area contributed by atoms with Crippen molar-refractivity contribution in [2.24, 2.45) is 0 Å². The summed E-state index contributed by atoms with van der Waals surface area (Å²) in [6.45, 7) is 0. The topological polar surface area (TPSA) is 91.8 Å². The van der Waals surface area contributed by atoms with Crippen molar-refractivity contribution in [2.75, 3.05) is 11.1 Å². The second kappa shape index (κ2) is 5.78. The van der Waals surface area contributed by atoms with E-state index < -0.39 is 5.91 Å². The highest BCUT2D eigenvalue weighted by atomic mass is 35.5. The van der Waals surface area contributed by atoms with Crippen LogP contribution in [-0.4, -0.2) is 10.9 Å². The fourth-order valence-electron chi connectivity index (χ4n) is 1.56. The number of anilines is 2. The molecule has 5 nitrogen and oxygen atoms in total. The molecule has 2 rings (SSSR count). The highest BCUT2D eigenvalue weighted by Crippen LogP contribution is 2.21. The Kier molecular flexibility index (Phi) is 4.08. The summed E-state index contributed by atoms with van der Waals surface area (Å²) in [5, 5.41) is 12.1. The largest absolute Gasteiger partial charge is 0.384 e. The van der Waals surface area contributed by atoms with Crippen LogP contribution in [0.15, 0.2) is 30.3 Å². The molecule has 0 aliphatic rings. The van der Waals surface area contributed by atoms with Gasteiger partial charge in [0.1, 0.15) is 17.0 Å².